The second kappa shape index (κ2) is 45.7. The van der Waals surface area contributed by atoms with Crippen LogP contribution in [-0.4, -0.2) is 168 Å². The number of amides is 4. The summed E-state index contributed by atoms with van der Waals surface area (Å²) in [6.45, 7) is 11.5. The van der Waals surface area contributed by atoms with Gasteiger partial charge in [-0.25, -0.2) is 32.7 Å². The first-order valence-electron chi connectivity index (χ1n) is 37.2. The molecule has 0 spiro atoms. The van der Waals surface area contributed by atoms with Gasteiger partial charge in [-0.1, -0.05) is 51.1 Å². The molecular formula is C82H115N17O11S. The molecule has 5 heterocycles. The van der Waals surface area contributed by atoms with Gasteiger partial charge >= 0.3 is 12.2 Å². The third kappa shape index (κ3) is 28.7. The van der Waals surface area contributed by atoms with Crippen LogP contribution in [0.25, 0.3) is 22.2 Å². The van der Waals surface area contributed by atoms with Crippen LogP contribution in [0.15, 0.2) is 174 Å². The Kier molecular flexibility index (Phi) is 36.6. The molecule has 4 fully saturated rings. The SMILES string of the molecule is CNC1CCC(C(C)(C)C)CC1.CNC1CCC(NS(=O)(=O)c2ccccc2)CC1.CNc1cc(C(N)=O)cc(C(N)=O)c1.CNc1cc(OC)ccn1.CNc1ccc(N2CCCOC2=O)c(C)c1.CNc1ccc(N2CCCOC2=O)c(OC)c1.CNc1ccc2[nH]ncc2c1.CNc1cccc(-c2cnco2)c1. The Morgan fingerprint density at radius 1 is 0.568 bits per heavy atom. The standard InChI is InChI=1S/C13H20N2O2S.C12H16N2O3.C12H16N2O2.C11H23N.C10H10N2O.C9H11N3O2.C8H9N3.C7H10N2O/c1-14-11-7-9-12(10-8-11)15-18(16,17)13-5-3-2-4-6-13;1-13-9-4-5-10(11(8-9)16-2)14-6-3-7-17-12(14)15;1-9-8-10(13-2)4-5-11(9)14-6-3-7-16-12(14)15;1-11(2,3)9-5-7-10(12-4)8-6-9;1-11-9-4-2-3-8(5-9)10-6-12-7-13-10;1-12-7-3-5(8(10)13)2-6(4-7)9(11)14;1-9-7-2-3-8-6(4-7)5-10-11-8;1-8-7-5-6(10-2)3-4-9-7/h2-6,11-12,14-15H,7-10H2,1H3;4-5,8,13H,3,6-7H2,1-2H3;4-5,8,13H,3,6-7H2,1-2H3;9-10,12H,5-8H2,1-4H3;2-7,11H,1H3;2-4,12H,1H3,(H2,10,13)(H2,11,14);2-5,9H,1H3,(H,10,11);3-5H,1-2H3,(H,8,9). The second-order valence-electron chi connectivity index (χ2n) is 27.3. The van der Waals surface area contributed by atoms with Crippen LogP contribution < -0.4 is 78.0 Å². The summed E-state index contributed by atoms with van der Waals surface area (Å²) in [5.74, 6) is 2.85. The largest absolute Gasteiger partial charge is 0.497 e. The molecule has 14 N–H and O–H groups in total. The Balaban J connectivity index is 0.000000199. The number of carbonyl (C=O) groups excluding carboxylic acids is 4. The van der Waals surface area contributed by atoms with Crippen molar-refractivity contribution in [1.82, 2.24) is 35.5 Å². The van der Waals surface area contributed by atoms with Crippen molar-refractivity contribution in [2.24, 2.45) is 22.8 Å². The van der Waals surface area contributed by atoms with Gasteiger partial charge in [0.15, 0.2) is 12.2 Å². The molecule has 111 heavy (non-hydrogen) atoms. The molecule has 2 aliphatic carbocycles. The maximum Gasteiger partial charge on any atom is 0.414 e. The maximum absolute atomic E-state index is 12.1. The fourth-order valence-corrected chi connectivity index (χ4v) is 13.7. The molecule has 2 saturated carbocycles. The first-order chi connectivity index (χ1) is 53.3. The van der Waals surface area contributed by atoms with E-state index in [1.807, 2.05) is 140 Å². The van der Waals surface area contributed by atoms with Gasteiger partial charge in [0.2, 0.25) is 21.8 Å². The summed E-state index contributed by atoms with van der Waals surface area (Å²) < 4.78 is 52.6. The highest BCUT2D eigenvalue weighted by molar-refractivity contribution is 7.89. The van der Waals surface area contributed by atoms with Gasteiger partial charge < -0.3 is 77.4 Å². The number of carbonyl (C=O) groups is 4. The topological polar surface area (TPSA) is 374 Å². The lowest BCUT2D eigenvalue weighted by Gasteiger charge is -2.36. The minimum atomic E-state index is -3.35. The van der Waals surface area contributed by atoms with Crippen molar-refractivity contribution in [1.29, 1.82) is 0 Å². The van der Waals surface area contributed by atoms with Gasteiger partial charge in [0.1, 0.15) is 17.3 Å². The van der Waals surface area contributed by atoms with E-state index in [0.29, 0.717) is 47.5 Å². The molecule has 0 bridgehead atoms. The third-order valence-corrected chi connectivity index (χ3v) is 20.5. The van der Waals surface area contributed by atoms with Crippen LogP contribution in [-0.2, 0) is 19.5 Å². The van der Waals surface area contributed by atoms with Crippen molar-refractivity contribution in [2.75, 3.05) is 139 Å². The average molecular weight is 1550 g/mol. The first-order valence-corrected chi connectivity index (χ1v) is 38.7. The molecule has 9 aromatic rings. The number of pyridine rings is 1. The van der Waals surface area contributed by atoms with E-state index < -0.39 is 21.8 Å². The quantitative estimate of drug-likeness (QED) is 0.0380. The van der Waals surface area contributed by atoms with E-state index >= 15 is 0 Å². The van der Waals surface area contributed by atoms with Gasteiger partial charge in [0.25, 0.3) is 0 Å². The lowest BCUT2D eigenvalue weighted by atomic mass is 9.71. The van der Waals surface area contributed by atoms with E-state index in [1.54, 1.807) is 85.9 Å². The van der Waals surface area contributed by atoms with Crippen LogP contribution in [0.1, 0.15) is 111 Å². The van der Waals surface area contributed by atoms with E-state index in [2.05, 4.69) is 101 Å². The molecule has 13 rings (SSSR count). The first kappa shape index (κ1) is 88.8. The Labute approximate surface area is 654 Å². The molecule has 600 valence electrons. The highest BCUT2D eigenvalue weighted by Gasteiger charge is 2.30. The number of primary amides is 2. The molecule has 29 heteroatoms. The summed E-state index contributed by atoms with van der Waals surface area (Å²) in [5, 5.41) is 32.5. The van der Waals surface area contributed by atoms with Crippen molar-refractivity contribution in [3.63, 3.8) is 0 Å². The number of methoxy groups -OCH3 is 2. The molecular weight excluding hydrogens is 1430 g/mol. The summed E-state index contributed by atoms with van der Waals surface area (Å²) in [7, 11) is 14.9. The number of benzene rings is 6. The van der Waals surface area contributed by atoms with Crippen molar-refractivity contribution < 1.29 is 51.0 Å². The highest BCUT2D eigenvalue weighted by atomic mass is 32.2. The molecule has 2 saturated heterocycles. The van der Waals surface area contributed by atoms with Crippen LogP contribution in [0.5, 0.6) is 11.5 Å². The number of aromatic nitrogens is 4. The zero-order valence-electron chi connectivity index (χ0n) is 66.6. The molecule has 3 aromatic heterocycles. The van der Waals surface area contributed by atoms with Crippen LogP contribution in [0.2, 0.25) is 0 Å². The minimum Gasteiger partial charge on any atom is -0.497 e. The summed E-state index contributed by atoms with van der Waals surface area (Å²) in [6, 6.07) is 43.7. The number of rotatable bonds is 18. The molecule has 28 nitrogen and oxygen atoms in total. The zero-order valence-corrected chi connectivity index (χ0v) is 67.4. The summed E-state index contributed by atoms with van der Waals surface area (Å²) in [4.78, 5) is 56.5. The predicted octanol–water partition coefficient (Wildman–Crippen LogP) is 13.8. The molecule has 0 unspecified atom stereocenters. The smallest absolute Gasteiger partial charge is 0.414 e. The summed E-state index contributed by atoms with van der Waals surface area (Å²) in [6.07, 6.45) is 17.2. The number of nitrogens with two attached hydrogens (primary N) is 2. The van der Waals surface area contributed by atoms with Crippen LogP contribution in [0.4, 0.5) is 55.2 Å². The number of oxazole rings is 1. The van der Waals surface area contributed by atoms with Gasteiger partial charge in [-0.3, -0.25) is 24.5 Å². The lowest BCUT2D eigenvalue weighted by molar-refractivity contribution is 0.0999. The van der Waals surface area contributed by atoms with Crippen molar-refractivity contribution in [3.05, 3.63) is 181 Å². The minimum absolute atomic E-state index is 0.0693. The van der Waals surface area contributed by atoms with E-state index in [1.165, 1.54) is 38.1 Å². The Morgan fingerprint density at radius 2 is 1.11 bits per heavy atom. The van der Waals surface area contributed by atoms with Crippen LogP contribution in [0.3, 0.4) is 0 Å². The van der Waals surface area contributed by atoms with E-state index in [0.717, 1.165) is 131 Å². The number of hydrogen-bond acceptors (Lipinski definition) is 22. The third-order valence-electron chi connectivity index (χ3n) is 19.0. The molecule has 4 aliphatic rings. The van der Waals surface area contributed by atoms with Gasteiger partial charge in [-0.2, -0.15) is 5.10 Å². The monoisotopic (exact) mass is 1550 g/mol. The number of nitrogens with one attached hydrogen (secondary N) is 10. The van der Waals surface area contributed by atoms with Crippen LogP contribution >= 0.6 is 0 Å². The van der Waals surface area contributed by atoms with Crippen molar-refractivity contribution in [2.45, 2.75) is 115 Å². The number of H-pyrrole nitrogens is 1. The second-order valence-corrected chi connectivity index (χ2v) is 29.0. The Bertz CT molecular complexity index is 4360. The van der Waals surface area contributed by atoms with Gasteiger partial charge in [0, 0.05) is 142 Å². The summed E-state index contributed by atoms with van der Waals surface area (Å²) in [5.41, 5.74) is 20.9. The fraction of sp³-hybridized carbons (Fsp3) is 0.402. The Hall–Kier alpha value is -11.1. The molecule has 2 aliphatic heterocycles. The van der Waals surface area contributed by atoms with Crippen LogP contribution in [0, 0.1) is 18.3 Å². The van der Waals surface area contributed by atoms with Gasteiger partial charge in [-0.15, -0.1) is 0 Å². The molecule has 4 amide bonds. The van der Waals surface area contributed by atoms with E-state index in [4.69, 9.17) is 34.8 Å². The number of aromatic amines is 1. The van der Waals surface area contributed by atoms with E-state index in [9.17, 15) is 27.6 Å². The average Bonchev–Trinajstić information content (AvgIpc) is 1.41. The lowest BCUT2D eigenvalue weighted by Crippen LogP contribution is -2.41. The number of sulfonamides is 1. The number of cyclic esters (lactones) is 2. The number of fused-ring (bicyclic) bond motifs is 1. The van der Waals surface area contributed by atoms with E-state index in [-0.39, 0.29) is 29.4 Å². The van der Waals surface area contributed by atoms with Crippen molar-refractivity contribution in [3.8, 4) is 22.8 Å². The highest BCUT2D eigenvalue weighted by Crippen LogP contribution is 2.38. The van der Waals surface area contributed by atoms with Gasteiger partial charge in [-0.05, 0) is 199 Å². The zero-order chi connectivity index (χ0) is 80.9. The van der Waals surface area contributed by atoms with Crippen molar-refractivity contribution >= 4 is 90.6 Å². The Morgan fingerprint density at radius 3 is 1.62 bits per heavy atom. The number of anilines is 8. The molecule has 0 radical (unpaired) electrons. The molecule has 0 atom stereocenters. The van der Waals surface area contributed by atoms with Gasteiger partial charge in [0.05, 0.1) is 61.6 Å². The fourth-order valence-electron chi connectivity index (χ4n) is 12.4. The number of ether oxygens (including phenoxy) is 4. The number of aryl methyl sites for hydroxylation is 1. The molecule has 6 aromatic carbocycles. The maximum atomic E-state index is 12.1. The number of hydrogen-bond donors (Lipinski definition) is 12. The predicted molar refractivity (Wildman–Crippen MR) is 447 cm³/mol. The normalized spacial score (nSPS) is 16.3. The summed E-state index contributed by atoms with van der Waals surface area (Å²) >= 11 is 0. The number of nitrogens with zero attached hydrogens (tertiary/aromatic N) is 5.